The number of rotatable bonds is 3. The third kappa shape index (κ3) is 2.32. The fraction of sp³-hybridized carbons (Fsp3) is 0.400. The van der Waals surface area contributed by atoms with E-state index in [4.69, 9.17) is 4.74 Å². The van der Waals surface area contributed by atoms with Gasteiger partial charge in [0.05, 0.1) is 0 Å². The summed E-state index contributed by atoms with van der Waals surface area (Å²) in [6, 6.07) is 14.6. The largest absolute Gasteiger partial charge is 0.504 e. The lowest BCUT2D eigenvalue weighted by molar-refractivity contribution is -0.138. The van der Waals surface area contributed by atoms with Gasteiger partial charge in [0.15, 0.2) is 23.4 Å². The molecule has 2 heterocycles. The van der Waals surface area contributed by atoms with Crippen molar-refractivity contribution in [1.29, 1.82) is 0 Å². The number of likely N-dealkylation sites (tertiary alicyclic amines) is 1. The third-order valence-corrected chi connectivity index (χ3v) is 7.67. The number of Topliss-reactive ketones (excluding diaryl/α,β-unsaturated/α-hetero) is 1. The van der Waals surface area contributed by atoms with Gasteiger partial charge in [-0.05, 0) is 48.9 Å². The van der Waals surface area contributed by atoms with Crippen LogP contribution in [0.15, 0.2) is 48.5 Å². The zero-order chi connectivity index (χ0) is 19.6. The standard InChI is InChI=1S/C25H25NO3/c27-20-10-8-17-15-19-18-9-11-21(28)24-25(18,22(17)23(20)29-24)12-14-26(19)13-4-7-16-5-2-1-3-6-16/h1-8,10,18-19,24,27H,9,11-15H2/b7-4+/t18-,19+,24-,25-/m0/s1. The highest BCUT2D eigenvalue weighted by molar-refractivity contribution is 5.89. The lowest BCUT2D eigenvalue weighted by Gasteiger charge is -2.57. The maximum Gasteiger partial charge on any atom is 0.174 e. The highest BCUT2D eigenvalue weighted by Crippen LogP contribution is 2.63. The Hall–Kier alpha value is -2.59. The Morgan fingerprint density at radius 1 is 1.21 bits per heavy atom. The molecule has 2 aliphatic heterocycles. The normalized spacial score (nSPS) is 32.3. The molecule has 2 fully saturated rings. The molecule has 2 aliphatic carbocycles. The van der Waals surface area contributed by atoms with E-state index in [1.807, 2.05) is 12.1 Å². The molecular weight excluding hydrogens is 362 g/mol. The van der Waals surface area contributed by atoms with E-state index in [1.165, 1.54) is 11.1 Å². The first-order chi connectivity index (χ1) is 14.2. The van der Waals surface area contributed by atoms with Crippen molar-refractivity contribution < 1.29 is 14.6 Å². The number of benzene rings is 2. The summed E-state index contributed by atoms with van der Waals surface area (Å²) in [5.74, 6) is 1.40. The molecule has 2 bridgehead atoms. The van der Waals surface area contributed by atoms with E-state index in [9.17, 15) is 9.90 Å². The van der Waals surface area contributed by atoms with Gasteiger partial charge >= 0.3 is 0 Å². The summed E-state index contributed by atoms with van der Waals surface area (Å²) in [5.41, 5.74) is 3.40. The van der Waals surface area contributed by atoms with Crippen LogP contribution >= 0.6 is 0 Å². The topological polar surface area (TPSA) is 49.8 Å². The molecule has 1 saturated heterocycles. The Bertz CT molecular complexity index is 1010. The second-order valence-corrected chi connectivity index (χ2v) is 8.93. The van der Waals surface area contributed by atoms with Crippen molar-refractivity contribution in [3.8, 4) is 11.5 Å². The molecule has 29 heavy (non-hydrogen) atoms. The van der Waals surface area contributed by atoms with Gasteiger partial charge in [-0.15, -0.1) is 0 Å². The minimum absolute atomic E-state index is 0.186. The maximum atomic E-state index is 12.8. The number of aromatic hydroxyl groups is 1. The van der Waals surface area contributed by atoms with Crippen LogP contribution in [0.1, 0.15) is 36.0 Å². The number of phenolic OH excluding ortho intramolecular Hbond substituents is 1. The zero-order valence-corrected chi connectivity index (χ0v) is 16.4. The van der Waals surface area contributed by atoms with E-state index in [0.29, 0.717) is 24.1 Å². The molecule has 1 spiro atoms. The number of piperidine rings is 1. The zero-order valence-electron chi connectivity index (χ0n) is 16.4. The van der Waals surface area contributed by atoms with E-state index >= 15 is 0 Å². The molecule has 4 nitrogen and oxygen atoms in total. The van der Waals surface area contributed by atoms with Crippen molar-refractivity contribution in [2.45, 2.75) is 43.2 Å². The van der Waals surface area contributed by atoms with Gasteiger partial charge in [0.25, 0.3) is 0 Å². The Morgan fingerprint density at radius 3 is 2.93 bits per heavy atom. The van der Waals surface area contributed by atoms with Crippen LogP contribution in [-0.2, 0) is 16.6 Å². The number of carbonyl (C=O) groups excluding carboxylic acids is 1. The average molecular weight is 387 g/mol. The molecule has 6 rings (SSSR count). The highest BCUT2D eigenvalue weighted by atomic mass is 16.5. The second kappa shape index (κ2) is 6.20. The number of ketones is 1. The summed E-state index contributed by atoms with van der Waals surface area (Å²) in [7, 11) is 0. The van der Waals surface area contributed by atoms with E-state index in [2.05, 4.69) is 41.3 Å². The fourth-order valence-electron chi connectivity index (χ4n) is 6.52. The molecule has 0 radical (unpaired) electrons. The molecule has 1 saturated carbocycles. The minimum Gasteiger partial charge on any atom is -0.504 e. The molecule has 4 atom stereocenters. The van der Waals surface area contributed by atoms with Crippen molar-refractivity contribution in [2.75, 3.05) is 13.1 Å². The number of ether oxygens (including phenoxy) is 1. The van der Waals surface area contributed by atoms with Crippen LogP contribution in [0, 0.1) is 5.92 Å². The fourth-order valence-corrected chi connectivity index (χ4v) is 6.52. The van der Waals surface area contributed by atoms with E-state index < -0.39 is 6.10 Å². The maximum absolute atomic E-state index is 12.8. The van der Waals surface area contributed by atoms with Gasteiger partial charge in [-0.1, -0.05) is 48.6 Å². The monoisotopic (exact) mass is 387 g/mol. The lowest BCUT2D eigenvalue weighted by atomic mass is 9.51. The van der Waals surface area contributed by atoms with Crippen molar-refractivity contribution in [1.82, 2.24) is 4.90 Å². The molecule has 0 amide bonds. The van der Waals surface area contributed by atoms with Crippen molar-refractivity contribution in [3.63, 3.8) is 0 Å². The van der Waals surface area contributed by atoms with E-state index in [-0.39, 0.29) is 16.9 Å². The number of hydrogen-bond acceptors (Lipinski definition) is 4. The highest BCUT2D eigenvalue weighted by Gasteiger charge is 2.65. The second-order valence-electron chi connectivity index (χ2n) is 8.93. The summed E-state index contributed by atoms with van der Waals surface area (Å²) in [6.45, 7) is 1.88. The molecule has 1 N–H and O–H groups in total. The number of phenols is 1. The van der Waals surface area contributed by atoms with Gasteiger partial charge in [0, 0.05) is 30.0 Å². The average Bonchev–Trinajstić information content (AvgIpc) is 3.09. The Labute approximate surface area is 170 Å². The van der Waals surface area contributed by atoms with Crippen LogP contribution in [-0.4, -0.2) is 41.0 Å². The first-order valence-electron chi connectivity index (χ1n) is 10.7. The lowest BCUT2D eigenvalue weighted by Crippen LogP contribution is -2.66. The molecule has 0 unspecified atom stereocenters. The van der Waals surface area contributed by atoms with E-state index in [0.717, 1.165) is 37.9 Å². The molecule has 4 heteroatoms. The SMILES string of the molecule is O=C1CC[C@H]2[C@H]3Cc4ccc(O)c5c4[C@@]2(CCN3C/C=C/c2ccccc2)[C@H]1O5. The summed E-state index contributed by atoms with van der Waals surface area (Å²) < 4.78 is 6.16. The first-order valence-corrected chi connectivity index (χ1v) is 10.7. The summed E-state index contributed by atoms with van der Waals surface area (Å²) >= 11 is 0. The van der Waals surface area contributed by atoms with Crippen LogP contribution in [0.5, 0.6) is 11.5 Å². The Morgan fingerprint density at radius 2 is 2.07 bits per heavy atom. The van der Waals surface area contributed by atoms with Crippen molar-refractivity contribution >= 4 is 11.9 Å². The smallest absolute Gasteiger partial charge is 0.174 e. The van der Waals surface area contributed by atoms with Crippen LogP contribution in [0.2, 0.25) is 0 Å². The summed E-state index contributed by atoms with van der Waals surface area (Å²) in [4.78, 5) is 15.4. The Kier molecular flexibility index (Phi) is 3.70. The van der Waals surface area contributed by atoms with Gasteiger partial charge in [-0.25, -0.2) is 0 Å². The minimum atomic E-state index is -0.409. The summed E-state index contributed by atoms with van der Waals surface area (Å²) in [5, 5.41) is 10.4. The number of carbonyl (C=O) groups is 1. The third-order valence-electron chi connectivity index (χ3n) is 7.67. The van der Waals surface area contributed by atoms with Gasteiger partial charge in [0.1, 0.15) is 0 Å². The van der Waals surface area contributed by atoms with Crippen LogP contribution < -0.4 is 4.74 Å². The van der Waals surface area contributed by atoms with Crippen LogP contribution in [0.3, 0.4) is 0 Å². The van der Waals surface area contributed by atoms with Gasteiger partial charge < -0.3 is 9.84 Å². The molecule has 2 aromatic rings. The predicted molar refractivity (Wildman–Crippen MR) is 111 cm³/mol. The molecule has 2 aromatic carbocycles. The predicted octanol–water partition coefficient (Wildman–Crippen LogP) is 3.71. The molecular formula is C25H25NO3. The van der Waals surface area contributed by atoms with Crippen LogP contribution in [0.25, 0.3) is 6.08 Å². The van der Waals surface area contributed by atoms with Gasteiger partial charge in [-0.2, -0.15) is 0 Å². The molecule has 148 valence electrons. The number of nitrogens with zero attached hydrogens (tertiary/aromatic N) is 1. The first kappa shape index (κ1) is 17.3. The quantitative estimate of drug-likeness (QED) is 0.872. The van der Waals surface area contributed by atoms with Crippen LogP contribution in [0.4, 0.5) is 0 Å². The summed E-state index contributed by atoms with van der Waals surface area (Å²) in [6.07, 6.45) is 7.46. The van der Waals surface area contributed by atoms with E-state index in [1.54, 1.807) is 6.07 Å². The van der Waals surface area contributed by atoms with Crippen molar-refractivity contribution in [3.05, 3.63) is 65.2 Å². The number of hydrogen-bond donors (Lipinski definition) is 1. The van der Waals surface area contributed by atoms with Gasteiger partial charge in [-0.3, -0.25) is 9.69 Å². The molecule has 0 aromatic heterocycles. The molecule has 4 aliphatic rings. The van der Waals surface area contributed by atoms with Gasteiger partial charge in [0.2, 0.25) is 0 Å². The van der Waals surface area contributed by atoms with Crippen molar-refractivity contribution in [2.24, 2.45) is 5.92 Å². The Balaban J connectivity index is 1.36.